The van der Waals surface area contributed by atoms with Gasteiger partial charge in [0.15, 0.2) is 5.22 Å². The zero-order valence-corrected chi connectivity index (χ0v) is 10.5. The normalized spacial score (nSPS) is 27.9. The van der Waals surface area contributed by atoms with Gasteiger partial charge in [-0.3, -0.25) is 0 Å². The summed E-state index contributed by atoms with van der Waals surface area (Å²) >= 11 is 5.98. The van der Waals surface area contributed by atoms with Crippen LogP contribution in [-0.2, 0) is 0 Å². The summed E-state index contributed by atoms with van der Waals surface area (Å²) in [5, 5.41) is 0.464. The predicted octanol–water partition coefficient (Wildman–Crippen LogP) is 4.15. The van der Waals surface area contributed by atoms with Crippen LogP contribution in [0.4, 0.5) is 0 Å². The van der Waals surface area contributed by atoms with Gasteiger partial charge < -0.3 is 10.2 Å². The maximum absolute atomic E-state index is 6.29. The van der Waals surface area contributed by atoms with E-state index in [9.17, 15) is 0 Å². The highest BCUT2D eigenvalue weighted by molar-refractivity contribution is 6.29. The molecule has 3 heteroatoms. The Labute approximate surface area is 102 Å². The summed E-state index contributed by atoms with van der Waals surface area (Å²) in [4.78, 5) is 0. The maximum Gasteiger partial charge on any atom is 0.197 e. The van der Waals surface area contributed by atoms with E-state index in [-0.39, 0.29) is 6.04 Å². The highest BCUT2D eigenvalue weighted by Crippen LogP contribution is 2.39. The van der Waals surface area contributed by atoms with Gasteiger partial charge in [-0.2, -0.15) is 0 Å². The summed E-state index contributed by atoms with van der Waals surface area (Å²) in [5.74, 6) is 1.41. The minimum Gasteiger partial charge on any atom is -0.453 e. The Balaban J connectivity index is 2.04. The molecule has 2 rings (SSSR count). The molecule has 90 valence electrons. The van der Waals surface area contributed by atoms with Crippen LogP contribution in [0, 0.1) is 11.8 Å². The van der Waals surface area contributed by atoms with E-state index in [0.717, 1.165) is 11.5 Å². The van der Waals surface area contributed by atoms with Crippen LogP contribution in [0.5, 0.6) is 0 Å². The van der Waals surface area contributed by atoms with Crippen molar-refractivity contribution >= 4 is 11.6 Å². The lowest BCUT2D eigenvalue weighted by molar-refractivity contribution is 0.230. The lowest BCUT2D eigenvalue weighted by atomic mass is 9.76. The van der Waals surface area contributed by atoms with Crippen molar-refractivity contribution in [3.05, 3.63) is 23.1 Å². The fraction of sp³-hybridized carbons (Fsp3) is 0.692. The van der Waals surface area contributed by atoms with Gasteiger partial charge in [-0.05, 0) is 42.3 Å². The van der Waals surface area contributed by atoms with Crippen LogP contribution >= 0.6 is 11.6 Å². The Morgan fingerprint density at radius 3 is 3.00 bits per heavy atom. The summed E-state index contributed by atoms with van der Waals surface area (Å²) in [6.45, 7) is 2.27. The smallest absolute Gasteiger partial charge is 0.197 e. The molecule has 16 heavy (non-hydrogen) atoms. The summed E-state index contributed by atoms with van der Waals surface area (Å²) < 4.78 is 5.12. The fourth-order valence-electron chi connectivity index (χ4n) is 2.83. The van der Waals surface area contributed by atoms with E-state index in [2.05, 4.69) is 6.92 Å². The van der Waals surface area contributed by atoms with Crippen molar-refractivity contribution in [1.29, 1.82) is 0 Å². The molecule has 2 nitrogen and oxygen atoms in total. The van der Waals surface area contributed by atoms with Gasteiger partial charge in [-0.25, -0.2) is 0 Å². The molecular weight excluding hydrogens is 222 g/mol. The van der Waals surface area contributed by atoms with E-state index in [1.165, 1.54) is 32.1 Å². The summed E-state index contributed by atoms with van der Waals surface area (Å²) in [7, 11) is 0. The molecule has 1 aliphatic rings. The minimum absolute atomic E-state index is 0.0422. The van der Waals surface area contributed by atoms with Gasteiger partial charge in [0.1, 0.15) is 0 Å². The number of rotatable bonds is 3. The van der Waals surface area contributed by atoms with Crippen molar-refractivity contribution in [3.8, 4) is 0 Å². The topological polar surface area (TPSA) is 39.2 Å². The molecule has 0 aliphatic heterocycles. The molecule has 1 saturated carbocycles. The molecule has 1 aliphatic carbocycles. The van der Waals surface area contributed by atoms with Crippen molar-refractivity contribution in [2.75, 3.05) is 0 Å². The Morgan fingerprint density at radius 2 is 2.38 bits per heavy atom. The zero-order valence-electron chi connectivity index (χ0n) is 9.79. The first-order valence-corrected chi connectivity index (χ1v) is 6.58. The third-order valence-electron chi connectivity index (χ3n) is 3.91. The van der Waals surface area contributed by atoms with Crippen molar-refractivity contribution in [2.45, 2.75) is 45.1 Å². The SMILES string of the molecule is CCC1CCCC(C(N)c2ccoc2Cl)C1. The van der Waals surface area contributed by atoms with Gasteiger partial charge in [-0.1, -0.05) is 26.2 Å². The van der Waals surface area contributed by atoms with Gasteiger partial charge in [0.05, 0.1) is 6.26 Å². The average Bonchev–Trinajstić information content (AvgIpc) is 2.74. The van der Waals surface area contributed by atoms with Crippen LogP contribution in [0.1, 0.15) is 50.6 Å². The quantitative estimate of drug-likeness (QED) is 0.864. The number of furan rings is 1. The van der Waals surface area contributed by atoms with Gasteiger partial charge in [-0.15, -0.1) is 0 Å². The number of nitrogens with two attached hydrogens (primary N) is 1. The monoisotopic (exact) mass is 241 g/mol. The fourth-order valence-corrected chi connectivity index (χ4v) is 3.07. The third kappa shape index (κ3) is 2.44. The lowest BCUT2D eigenvalue weighted by Crippen LogP contribution is -2.26. The standard InChI is InChI=1S/C13H20ClNO/c1-2-9-4-3-5-10(8-9)12(15)11-6-7-16-13(11)14/h6-7,9-10,12H,2-5,8,15H2,1H3. The third-order valence-corrected chi connectivity index (χ3v) is 4.22. The molecule has 3 atom stereocenters. The Bertz CT molecular complexity index is 336. The molecule has 0 aromatic carbocycles. The minimum atomic E-state index is 0.0422. The van der Waals surface area contributed by atoms with Crippen molar-refractivity contribution in [1.82, 2.24) is 0 Å². The Kier molecular flexibility index (Phi) is 3.93. The van der Waals surface area contributed by atoms with Gasteiger partial charge in [0.25, 0.3) is 0 Å². The van der Waals surface area contributed by atoms with E-state index in [0.29, 0.717) is 11.1 Å². The lowest BCUT2D eigenvalue weighted by Gasteiger charge is -2.32. The summed E-state index contributed by atoms with van der Waals surface area (Å²) in [6.07, 6.45) is 8.00. The second-order valence-corrected chi connectivity index (χ2v) is 5.22. The molecule has 1 heterocycles. The second kappa shape index (κ2) is 5.24. The average molecular weight is 242 g/mol. The van der Waals surface area contributed by atoms with E-state index < -0.39 is 0 Å². The molecular formula is C13H20ClNO. The number of halogens is 1. The van der Waals surface area contributed by atoms with E-state index in [1.54, 1.807) is 6.26 Å². The highest BCUT2D eigenvalue weighted by Gasteiger charge is 2.28. The maximum atomic E-state index is 6.29. The summed E-state index contributed by atoms with van der Waals surface area (Å²) in [6, 6.07) is 1.95. The van der Waals surface area contributed by atoms with Crippen LogP contribution in [0.2, 0.25) is 5.22 Å². The van der Waals surface area contributed by atoms with Crippen molar-refractivity contribution in [3.63, 3.8) is 0 Å². The van der Waals surface area contributed by atoms with Crippen LogP contribution in [0.3, 0.4) is 0 Å². The van der Waals surface area contributed by atoms with E-state index in [1.807, 2.05) is 6.07 Å². The van der Waals surface area contributed by atoms with Crippen molar-refractivity contribution < 1.29 is 4.42 Å². The molecule has 1 aromatic heterocycles. The van der Waals surface area contributed by atoms with Gasteiger partial charge in [0, 0.05) is 11.6 Å². The van der Waals surface area contributed by atoms with E-state index >= 15 is 0 Å². The molecule has 3 unspecified atom stereocenters. The number of hydrogen-bond donors (Lipinski definition) is 1. The zero-order chi connectivity index (χ0) is 11.5. The molecule has 0 spiro atoms. The first-order valence-electron chi connectivity index (χ1n) is 6.20. The first-order chi connectivity index (χ1) is 7.72. The molecule has 2 N–H and O–H groups in total. The van der Waals surface area contributed by atoms with Crippen LogP contribution in [0.15, 0.2) is 16.7 Å². The predicted molar refractivity (Wildman–Crippen MR) is 66.4 cm³/mol. The molecule has 1 fully saturated rings. The van der Waals surface area contributed by atoms with Gasteiger partial charge in [0.2, 0.25) is 0 Å². The summed E-state index contributed by atoms with van der Waals surface area (Å²) in [5.41, 5.74) is 7.26. The molecule has 0 bridgehead atoms. The molecule has 0 saturated heterocycles. The van der Waals surface area contributed by atoms with Crippen LogP contribution < -0.4 is 5.73 Å². The van der Waals surface area contributed by atoms with Crippen LogP contribution in [0.25, 0.3) is 0 Å². The Hall–Kier alpha value is -0.470. The van der Waals surface area contributed by atoms with E-state index in [4.69, 9.17) is 21.8 Å². The first kappa shape index (κ1) is 12.0. The second-order valence-electron chi connectivity index (χ2n) is 4.88. The van der Waals surface area contributed by atoms with Crippen LogP contribution in [-0.4, -0.2) is 0 Å². The highest BCUT2D eigenvalue weighted by atomic mass is 35.5. The molecule has 1 aromatic rings. The van der Waals surface area contributed by atoms with Crippen molar-refractivity contribution in [2.24, 2.45) is 17.6 Å². The number of hydrogen-bond acceptors (Lipinski definition) is 2. The molecule has 0 radical (unpaired) electrons. The van der Waals surface area contributed by atoms with Gasteiger partial charge >= 0.3 is 0 Å². The molecule has 0 amide bonds. The largest absolute Gasteiger partial charge is 0.453 e. The Morgan fingerprint density at radius 1 is 1.56 bits per heavy atom.